The van der Waals surface area contributed by atoms with E-state index >= 15 is 0 Å². The van der Waals surface area contributed by atoms with Gasteiger partial charge in [-0.1, -0.05) is 47.6 Å². The molecular weight excluding hydrogens is 200 g/mol. The van der Waals surface area contributed by atoms with Crippen LogP contribution in [0.25, 0.3) is 0 Å². The maximum absolute atomic E-state index is 11.9. The molecule has 1 aliphatic carbocycles. The van der Waals surface area contributed by atoms with Crippen LogP contribution in [0.3, 0.4) is 0 Å². The molecule has 1 aliphatic rings. The van der Waals surface area contributed by atoms with E-state index in [-0.39, 0.29) is 16.6 Å². The van der Waals surface area contributed by atoms with Gasteiger partial charge in [0.05, 0.1) is 0 Å². The first-order chi connectivity index (χ1) is 7.03. The molecule has 1 rings (SSSR count). The van der Waals surface area contributed by atoms with Crippen molar-refractivity contribution < 1.29 is 9.90 Å². The Bertz CT molecular complexity index is 359. The van der Waals surface area contributed by atoms with E-state index in [1.54, 1.807) is 0 Å². The molecular formula is C14H21O2. The maximum Gasteiger partial charge on any atom is 0.192 e. The van der Waals surface area contributed by atoms with Gasteiger partial charge in [0.2, 0.25) is 0 Å². The number of ketones is 1. The highest BCUT2D eigenvalue weighted by Crippen LogP contribution is 2.37. The normalized spacial score (nSPS) is 22.9. The zero-order chi connectivity index (χ0) is 12.7. The first-order valence-electron chi connectivity index (χ1n) is 5.67. The molecule has 0 bridgehead atoms. The summed E-state index contributed by atoms with van der Waals surface area (Å²) >= 11 is 0. The average Bonchev–Trinajstić information content (AvgIpc) is 2.05. The van der Waals surface area contributed by atoms with Gasteiger partial charge in [-0.05, 0) is 28.1 Å². The van der Waals surface area contributed by atoms with Crippen molar-refractivity contribution >= 4 is 5.78 Å². The highest BCUT2D eigenvalue weighted by Gasteiger charge is 2.34. The number of rotatable bonds is 0. The Kier molecular flexibility index (Phi) is 3.17. The van der Waals surface area contributed by atoms with E-state index in [1.807, 2.05) is 47.6 Å². The number of carbonyl (C=O) groups is 1. The molecule has 0 saturated carbocycles. The summed E-state index contributed by atoms with van der Waals surface area (Å²) in [6.45, 7) is 12.1. The largest absolute Gasteiger partial charge is 0.291 e. The van der Waals surface area contributed by atoms with Crippen molar-refractivity contribution in [1.29, 1.82) is 0 Å². The van der Waals surface area contributed by atoms with E-state index in [2.05, 4.69) is 0 Å². The van der Waals surface area contributed by atoms with E-state index in [0.29, 0.717) is 5.57 Å². The molecule has 0 amide bonds. The zero-order valence-corrected chi connectivity index (χ0v) is 11.0. The van der Waals surface area contributed by atoms with E-state index in [0.717, 1.165) is 5.57 Å². The van der Waals surface area contributed by atoms with Gasteiger partial charge in [-0.25, -0.2) is 5.11 Å². The lowest BCUT2D eigenvalue weighted by atomic mass is 9.74. The highest BCUT2D eigenvalue weighted by atomic mass is 16.3. The van der Waals surface area contributed by atoms with Crippen molar-refractivity contribution in [2.45, 2.75) is 47.6 Å². The van der Waals surface area contributed by atoms with Gasteiger partial charge < -0.3 is 0 Å². The Morgan fingerprint density at radius 2 is 1.44 bits per heavy atom. The third kappa shape index (κ3) is 2.62. The Labute approximate surface area is 98.1 Å². The molecule has 0 aromatic carbocycles. The molecule has 1 unspecified atom stereocenters. The molecule has 0 saturated heterocycles. The van der Waals surface area contributed by atoms with Gasteiger partial charge in [0, 0.05) is 0 Å². The second-order valence-corrected chi connectivity index (χ2v) is 6.48. The Morgan fingerprint density at radius 1 is 0.938 bits per heavy atom. The smallest absolute Gasteiger partial charge is 0.192 e. The molecule has 2 nitrogen and oxygen atoms in total. The molecule has 0 aromatic heterocycles. The summed E-state index contributed by atoms with van der Waals surface area (Å²) in [6.07, 6.45) is 2.21. The topological polar surface area (TPSA) is 37.0 Å². The molecule has 2 heteroatoms. The van der Waals surface area contributed by atoms with Crippen LogP contribution in [0, 0.1) is 10.8 Å². The first-order valence-corrected chi connectivity index (χ1v) is 5.67. The second-order valence-electron chi connectivity index (χ2n) is 6.48. The van der Waals surface area contributed by atoms with E-state index in [4.69, 9.17) is 0 Å². The maximum atomic E-state index is 11.9. The minimum atomic E-state index is -1.22. The monoisotopic (exact) mass is 221 g/mol. The van der Waals surface area contributed by atoms with Crippen molar-refractivity contribution in [1.82, 2.24) is 0 Å². The summed E-state index contributed by atoms with van der Waals surface area (Å²) in [5.41, 5.74) is 1.32. The SMILES string of the molecule is CC(C)(C)C1=CC(=O)C([O])C(C(C)(C)C)=C1. The number of allylic oxidation sites excluding steroid dienone is 2. The molecule has 0 heterocycles. The van der Waals surface area contributed by atoms with Crippen LogP contribution in [0.2, 0.25) is 0 Å². The van der Waals surface area contributed by atoms with Crippen molar-refractivity contribution in [2.24, 2.45) is 10.8 Å². The van der Waals surface area contributed by atoms with Crippen molar-refractivity contribution in [3.8, 4) is 0 Å². The number of hydrogen-bond acceptors (Lipinski definition) is 1. The molecule has 0 N–H and O–H groups in total. The van der Waals surface area contributed by atoms with E-state index in [9.17, 15) is 9.90 Å². The fourth-order valence-electron chi connectivity index (χ4n) is 1.71. The highest BCUT2D eigenvalue weighted by molar-refractivity contribution is 5.98. The van der Waals surface area contributed by atoms with Crippen LogP contribution in [0.4, 0.5) is 0 Å². The summed E-state index contributed by atoms with van der Waals surface area (Å²) < 4.78 is 0. The fraction of sp³-hybridized carbons (Fsp3) is 0.643. The summed E-state index contributed by atoms with van der Waals surface area (Å²) in [5, 5.41) is 11.9. The molecule has 0 spiro atoms. The predicted molar refractivity (Wildman–Crippen MR) is 64.6 cm³/mol. The van der Waals surface area contributed by atoms with Gasteiger partial charge in [-0.2, -0.15) is 0 Å². The van der Waals surface area contributed by atoms with Crippen LogP contribution >= 0.6 is 0 Å². The standard InChI is InChI=1S/C14H21O2/c1-13(2,3)9-7-10(14(4,5)6)12(16)11(15)8-9/h7-8,12H,1-6H3. The first kappa shape index (κ1) is 13.2. The van der Waals surface area contributed by atoms with Crippen LogP contribution in [-0.4, -0.2) is 11.9 Å². The minimum Gasteiger partial charge on any atom is -0.291 e. The van der Waals surface area contributed by atoms with Crippen LogP contribution < -0.4 is 0 Å². The van der Waals surface area contributed by atoms with Crippen molar-refractivity contribution in [3.05, 3.63) is 23.3 Å². The van der Waals surface area contributed by atoms with Gasteiger partial charge >= 0.3 is 0 Å². The summed E-state index contributed by atoms with van der Waals surface area (Å²) in [4.78, 5) is 11.7. The second kappa shape index (κ2) is 3.85. The molecule has 1 atom stereocenters. The quantitative estimate of drug-likeness (QED) is 0.618. The Balaban J connectivity index is 3.23. The van der Waals surface area contributed by atoms with Gasteiger partial charge in [0.25, 0.3) is 0 Å². The molecule has 0 fully saturated rings. The summed E-state index contributed by atoms with van der Waals surface area (Å²) in [5.74, 6) is -0.308. The molecule has 89 valence electrons. The lowest BCUT2D eigenvalue weighted by Gasteiger charge is -2.31. The third-order valence-corrected chi connectivity index (χ3v) is 2.88. The third-order valence-electron chi connectivity index (χ3n) is 2.88. The lowest BCUT2D eigenvalue weighted by Crippen LogP contribution is -2.31. The fourth-order valence-corrected chi connectivity index (χ4v) is 1.71. The van der Waals surface area contributed by atoms with Gasteiger partial charge in [-0.3, -0.25) is 4.79 Å². The van der Waals surface area contributed by atoms with Crippen molar-refractivity contribution in [2.75, 3.05) is 0 Å². The van der Waals surface area contributed by atoms with Crippen LogP contribution in [0.15, 0.2) is 23.3 Å². The van der Waals surface area contributed by atoms with E-state index in [1.165, 1.54) is 6.08 Å². The summed E-state index contributed by atoms with van der Waals surface area (Å²) in [6, 6.07) is 0. The lowest BCUT2D eigenvalue weighted by molar-refractivity contribution is -0.124. The van der Waals surface area contributed by atoms with Gasteiger partial charge in [0.15, 0.2) is 11.9 Å². The van der Waals surface area contributed by atoms with Crippen LogP contribution in [0.1, 0.15) is 41.5 Å². The average molecular weight is 221 g/mol. The molecule has 1 radical (unpaired) electrons. The molecule has 16 heavy (non-hydrogen) atoms. The number of carbonyl (C=O) groups excluding carboxylic acids is 1. The van der Waals surface area contributed by atoms with Crippen LogP contribution in [-0.2, 0) is 9.90 Å². The van der Waals surface area contributed by atoms with Crippen molar-refractivity contribution in [3.63, 3.8) is 0 Å². The van der Waals surface area contributed by atoms with Gasteiger partial charge in [-0.15, -0.1) is 0 Å². The Morgan fingerprint density at radius 3 is 1.81 bits per heavy atom. The minimum absolute atomic E-state index is 0.0910. The molecule has 0 aromatic rings. The number of hydrogen-bond donors (Lipinski definition) is 0. The predicted octanol–water partition coefficient (Wildman–Crippen LogP) is 3.31. The van der Waals surface area contributed by atoms with Crippen LogP contribution in [0.5, 0.6) is 0 Å². The molecule has 0 aliphatic heterocycles. The zero-order valence-electron chi connectivity index (χ0n) is 11.0. The summed E-state index contributed by atoms with van der Waals surface area (Å²) in [7, 11) is 0. The van der Waals surface area contributed by atoms with E-state index < -0.39 is 6.10 Å². The van der Waals surface area contributed by atoms with Gasteiger partial charge in [0.1, 0.15) is 0 Å². The Hall–Kier alpha value is -0.890.